The summed E-state index contributed by atoms with van der Waals surface area (Å²) in [6.07, 6.45) is 34.0. The zero-order chi connectivity index (χ0) is 34.2. The third kappa shape index (κ3) is 23.0. The van der Waals surface area contributed by atoms with Crippen molar-refractivity contribution in [3.63, 3.8) is 0 Å². The lowest BCUT2D eigenvalue weighted by Crippen LogP contribution is -1.98. The van der Waals surface area contributed by atoms with Crippen molar-refractivity contribution in [2.24, 2.45) is 10.2 Å². The fraction of sp³-hybridized carbons (Fsp3) is 0.721. The third-order valence-electron chi connectivity index (χ3n) is 9.27. The number of ether oxygens (including phenoxy) is 1. The number of hydrogen-bond donors (Lipinski definition) is 0. The maximum Gasteiger partial charge on any atom is 0.122 e. The second-order valence-corrected chi connectivity index (χ2v) is 16.5. The second kappa shape index (κ2) is 31.5. The van der Waals surface area contributed by atoms with E-state index < -0.39 is 0 Å². The number of benzene rings is 2. The fourth-order valence-corrected chi connectivity index (χ4v) is 8.45. The molecule has 0 radical (unpaired) electrons. The standard InChI is InChI=1S/C43H72N2OS2/c1-4-6-8-10-11-12-16-19-22-28-36-47-48-37-29-23-20-17-14-13-15-18-21-27-35-46-43-34-33-41(38-39(43)3)44-45-42-32-26-25-31-40(42)30-24-9-7-5-2/h25-26,31-34,38H,4-24,27-30,35-37H2,1-3H3. The first-order chi connectivity index (χ1) is 23.7. The van der Waals surface area contributed by atoms with Crippen LogP contribution in [0.15, 0.2) is 52.7 Å². The Balaban J connectivity index is 1.38. The SMILES string of the molecule is CCCCCCCCCCCCSSCCCCCCCCCCCCOc1ccc(N=Nc2ccccc2CCCCCC)cc1C. The molecule has 48 heavy (non-hydrogen) atoms. The van der Waals surface area contributed by atoms with Crippen LogP contribution >= 0.6 is 21.6 Å². The Labute approximate surface area is 305 Å². The Morgan fingerprint density at radius 1 is 0.521 bits per heavy atom. The van der Waals surface area contributed by atoms with Gasteiger partial charge in [-0.15, -0.1) is 0 Å². The molecule has 0 saturated heterocycles. The maximum absolute atomic E-state index is 6.11. The summed E-state index contributed by atoms with van der Waals surface area (Å²) in [6, 6.07) is 14.6. The molecular weight excluding hydrogens is 625 g/mol. The number of aryl methyl sites for hydroxylation is 2. The number of nitrogens with zero attached hydrogens (tertiary/aromatic N) is 2. The maximum atomic E-state index is 6.11. The van der Waals surface area contributed by atoms with E-state index in [0.717, 1.165) is 42.1 Å². The quantitative estimate of drug-likeness (QED) is 0.0423. The number of rotatable bonds is 33. The number of azo groups is 1. The summed E-state index contributed by atoms with van der Waals surface area (Å²) >= 11 is 0. The summed E-state index contributed by atoms with van der Waals surface area (Å²) in [5.74, 6) is 3.66. The summed E-state index contributed by atoms with van der Waals surface area (Å²) < 4.78 is 6.11. The molecule has 272 valence electrons. The Bertz CT molecular complexity index is 1040. The van der Waals surface area contributed by atoms with Crippen molar-refractivity contribution in [2.45, 2.75) is 181 Å². The van der Waals surface area contributed by atoms with Crippen LogP contribution in [0.5, 0.6) is 5.75 Å². The average Bonchev–Trinajstić information content (AvgIpc) is 3.10. The Hall–Kier alpha value is -1.46. The van der Waals surface area contributed by atoms with Crippen LogP contribution in [0.1, 0.15) is 179 Å². The topological polar surface area (TPSA) is 34.0 Å². The minimum Gasteiger partial charge on any atom is -0.493 e. The summed E-state index contributed by atoms with van der Waals surface area (Å²) in [6.45, 7) is 7.45. The molecule has 0 aliphatic carbocycles. The van der Waals surface area contributed by atoms with Gasteiger partial charge in [-0.2, -0.15) is 10.2 Å². The Morgan fingerprint density at radius 2 is 1.02 bits per heavy atom. The van der Waals surface area contributed by atoms with Crippen LogP contribution in [-0.4, -0.2) is 18.1 Å². The van der Waals surface area contributed by atoms with Crippen molar-refractivity contribution in [3.8, 4) is 5.75 Å². The summed E-state index contributed by atoms with van der Waals surface area (Å²) in [5, 5.41) is 9.14. The van der Waals surface area contributed by atoms with Crippen molar-refractivity contribution in [3.05, 3.63) is 53.6 Å². The normalized spacial score (nSPS) is 11.6. The van der Waals surface area contributed by atoms with E-state index in [1.54, 1.807) is 0 Å². The van der Waals surface area contributed by atoms with Gasteiger partial charge >= 0.3 is 0 Å². The van der Waals surface area contributed by atoms with Crippen LogP contribution in [0.4, 0.5) is 11.4 Å². The molecule has 0 saturated carbocycles. The predicted octanol–water partition coefficient (Wildman–Crippen LogP) is 16.1. The van der Waals surface area contributed by atoms with Gasteiger partial charge in [0.15, 0.2) is 0 Å². The molecule has 0 unspecified atom stereocenters. The average molecular weight is 697 g/mol. The zero-order valence-electron chi connectivity index (χ0n) is 31.5. The molecule has 0 N–H and O–H groups in total. The lowest BCUT2D eigenvalue weighted by atomic mass is 10.0. The molecule has 0 atom stereocenters. The zero-order valence-corrected chi connectivity index (χ0v) is 33.1. The van der Waals surface area contributed by atoms with E-state index in [-0.39, 0.29) is 0 Å². The lowest BCUT2D eigenvalue weighted by molar-refractivity contribution is 0.302. The van der Waals surface area contributed by atoms with Crippen LogP contribution in [0.25, 0.3) is 0 Å². The van der Waals surface area contributed by atoms with E-state index in [1.165, 1.54) is 165 Å². The van der Waals surface area contributed by atoms with Crippen LogP contribution < -0.4 is 4.74 Å². The molecule has 5 heteroatoms. The first kappa shape index (κ1) is 42.7. The molecular formula is C43H72N2OS2. The largest absolute Gasteiger partial charge is 0.493 e. The first-order valence-electron chi connectivity index (χ1n) is 20.2. The van der Waals surface area contributed by atoms with Gasteiger partial charge in [0, 0.05) is 11.5 Å². The van der Waals surface area contributed by atoms with Gasteiger partial charge in [-0.1, -0.05) is 182 Å². The molecule has 0 aliphatic heterocycles. The highest BCUT2D eigenvalue weighted by Crippen LogP contribution is 2.28. The van der Waals surface area contributed by atoms with Crippen LogP contribution in [0.2, 0.25) is 0 Å². The molecule has 2 aromatic rings. The summed E-state index contributed by atoms with van der Waals surface area (Å²) in [5.41, 5.74) is 4.29. The Morgan fingerprint density at radius 3 is 1.58 bits per heavy atom. The molecule has 2 aromatic carbocycles. The van der Waals surface area contributed by atoms with E-state index in [2.05, 4.69) is 82.9 Å². The van der Waals surface area contributed by atoms with Crippen molar-refractivity contribution in [1.29, 1.82) is 0 Å². The van der Waals surface area contributed by atoms with Gasteiger partial charge in [-0.25, -0.2) is 0 Å². The number of unbranched alkanes of at least 4 members (excludes halogenated alkanes) is 21. The highest BCUT2D eigenvalue weighted by molar-refractivity contribution is 8.76. The van der Waals surface area contributed by atoms with E-state index >= 15 is 0 Å². The van der Waals surface area contributed by atoms with E-state index in [1.807, 2.05) is 12.1 Å². The predicted molar refractivity (Wildman–Crippen MR) is 218 cm³/mol. The van der Waals surface area contributed by atoms with Gasteiger partial charge in [0.25, 0.3) is 0 Å². The molecule has 0 bridgehead atoms. The molecule has 0 spiro atoms. The van der Waals surface area contributed by atoms with Gasteiger partial charge < -0.3 is 4.74 Å². The van der Waals surface area contributed by atoms with Crippen molar-refractivity contribution < 1.29 is 4.74 Å². The van der Waals surface area contributed by atoms with Gasteiger partial charge in [0.1, 0.15) is 5.75 Å². The number of hydrogen-bond acceptors (Lipinski definition) is 5. The first-order valence-corrected chi connectivity index (χ1v) is 22.7. The minimum atomic E-state index is 0.794. The second-order valence-electron chi connectivity index (χ2n) is 13.8. The van der Waals surface area contributed by atoms with Crippen LogP contribution in [0, 0.1) is 6.92 Å². The summed E-state index contributed by atoms with van der Waals surface area (Å²) in [4.78, 5) is 0. The molecule has 0 aliphatic rings. The van der Waals surface area contributed by atoms with Crippen LogP contribution in [0.3, 0.4) is 0 Å². The highest BCUT2D eigenvalue weighted by atomic mass is 33.1. The van der Waals surface area contributed by atoms with E-state index in [9.17, 15) is 0 Å². The monoisotopic (exact) mass is 697 g/mol. The van der Waals surface area contributed by atoms with Crippen molar-refractivity contribution in [2.75, 3.05) is 18.1 Å². The van der Waals surface area contributed by atoms with Crippen LogP contribution in [-0.2, 0) is 6.42 Å². The van der Waals surface area contributed by atoms with E-state index in [0.29, 0.717) is 0 Å². The molecule has 0 amide bonds. The van der Waals surface area contributed by atoms with Gasteiger partial charge in [-0.3, -0.25) is 0 Å². The summed E-state index contributed by atoms with van der Waals surface area (Å²) in [7, 11) is 4.23. The fourth-order valence-electron chi connectivity index (χ4n) is 6.16. The highest BCUT2D eigenvalue weighted by Gasteiger charge is 2.04. The molecule has 0 aromatic heterocycles. The van der Waals surface area contributed by atoms with Gasteiger partial charge in [0.2, 0.25) is 0 Å². The molecule has 0 fully saturated rings. The lowest BCUT2D eigenvalue weighted by Gasteiger charge is -2.09. The molecule has 0 heterocycles. The van der Waals surface area contributed by atoms with E-state index in [4.69, 9.17) is 4.74 Å². The Kier molecular flexibility index (Phi) is 28.0. The smallest absolute Gasteiger partial charge is 0.122 e. The van der Waals surface area contributed by atoms with Gasteiger partial charge in [0.05, 0.1) is 18.0 Å². The van der Waals surface area contributed by atoms with Crippen molar-refractivity contribution in [1.82, 2.24) is 0 Å². The van der Waals surface area contributed by atoms with Gasteiger partial charge in [-0.05, 0) is 74.4 Å². The third-order valence-corrected chi connectivity index (χ3v) is 11.8. The minimum absolute atomic E-state index is 0.794. The molecule has 3 nitrogen and oxygen atoms in total. The van der Waals surface area contributed by atoms with Crippen molar-refractivity contribution >= 4 is 33.0 Å². The molecule has 2 rings (SSSR count).